The molecule has 6 nitrogen and oxygen atoms in total. The maximum Gasteiger partial charge on any atom is 0.191 e. The van der Waals surface area contributed by atoms with Crippen molar-refractivity contribution in [2.45, 2.75) is 13.3 Å². The van der Waals surface area contributed by atoms with Crippen LogP contribution in [-0.2, 0) is 6.42 Å². The molecule has 0 bridgehead atoms. The molecule has 0 aromatic heterocycles. The fraction of sp³-hybridized carbons (Fsp3) is 0.350. The Morgan fingerprint density at radius 3 is 2.59 bits per heavy atom. The molecule has 0 aliphatic carbocycles. The number of benzene rings is 2. The van der Waals surface area contributed by atoms with Gasteiger partial charge in [-0.3, -0.25) is 4.99 Å². The van der Waals surface area contributed by atoms with Crippen LogP contribution in [-0.4, -0.2) is 44.4 Å². The molecule has 0 aliphatic heterocycles. The van der Waals surface area contributed by atoms with Crippen LogP contribution in [0, 0.1) is 11.6 Å². The summed E-state index contributed by atoms with van der Waals surface area (Å²) >= 11 is 0. The van der Waals surface area contributed by atoms with Crippen molar-refractivity contribution < 1.29 is 23.4 Å². The van der Waals surface area contributed by atoms with E-state index in [2.05, 4.69) is 15.6 Å². The predicted molar refractivity (Wildman–Crippen MR) is 120 cm³/mol. The third-order valence-electron chi connectivity index (χ3n) is 3.83. The lowest BCUT2D eigenvalue weighted by atomic mass is 10.1. The molecule has 0 amide bonds. The molecule has 0 spiro atoms. The first-order chi connectivity index (χ1) is 13.5. The van der Waals surface area contributed by atoms with Gasteiger partial charge in [-0.05, 0) is 37.1 Å². The number of hydrogen-bond acceptors (Lipinski definition) is 4. The molecule has 29 heavy (non-hydrogen) atoms. The Hall–Kier alpha value is -2.30. The fourth-order valence-electron chi connectivity index (χ4n) is 2.43. The van der Waals surface area contributed by atoms with Gasteiger partial charge in [0, 0.05) is 25.2 Å². The van der Waals surface area contributed by atoms with Crippen LogP contribution in [0.1, 0.15) is 12.5 Å². The summed E-state index contributed by atoms with van der Waals surface area (Å²) in [7, 11) is 1.54. The van der Waals surface area contributed by atoms with Gasteiger partial charge in [0.15, 0.2) is 17.5 Å². The zero-order valence-corrected chi connectivity index (χ0v) is 18.7. The van der Waals surface area contributed by atoms with Gasteiger partial charge in [-0.15, -0.1) is 24.0 Å². The van der Waals surface area contributed by atoms with Crippen molar-refractivity contribution in [2.24, 2.45) is 4.99 Å². The first kappa shape index (κ1) is 24.7. The van der Waals surface area contributed by atoms with E-state index in [9.17, 15) is 13.9 Å². The average molecular weight is 521 g/mol. The average Bonchev–Trinajstić information content (AvgIpc) is 2.67. The Morgan fingerprint density at radius 2 is 1.93 bits per heavy atom. The Kier molecular flexibility index (Phi) is 11.1. The molecule has 3 N–H and O–H groups in total. The van der Waals surface area contributed by atoms with Crippen molar-refractivity contribution in [3.05, 3.63) is 53.6 Å². The summed E-state index contributed by atoms with van der Waals surface area (Å²) in [5.41, 5.74) is 0.774. The molecule has 0 unspecified atom stereocenters. The molecule has 9 heteroatoms. The molecule has 0 aliphatic rings. The summed E-state index contributed by atoms with van der Waals surface area (Å²) in [5, 5.41) is 16.2. The van der Waals surface area contributed by atoms with Crippen LogP contribution < -0.4 is 20.1 Å². The normalized spacial score (nSPS) is 10.8. The van der Waals surface area contributed by atoms with E-state index in [-0.39, 0.29) is 42.1 Å². The molecule has 0 saturated heterocycles. The molecule has 0 atom stereocenters. The van der Waals surface area contributed by atoms with Gasteiger partial charge >= 0.3 is 0 Å². The number of halogens is 3. The van der Waals surface area contributed by atoms with Gasteiger partial charge in [-0.25, -0.2) is 8.78 Å². The molecule has 0 fully saturated rings. The minimum absolute atomic E-state index is 0. The topological polar surface area (TPSA) is 75.1 Å². The second kappa shape index (κ2) is 13.0. The zero-order valence-electron chi connectivity index (χ0n) is 16.4. The maximum absolute atomic E-state index is 13.5. The van der Waals surface area contributed by atoms with Crippen LogP contribution in [0.3, 0.4) is 0 Å². The van der Waals surface area contributed by atoms with Crippen molar-refractivity contribution in [2.75, 3.05) is 33.4 Å². The van der Waals surface area contributed by atoms with E-state index >= 15 is 0 Å². The molecule has 2 rings (SSSR count). The monoisotopic (exact) mass is 521 g/mol. The second-order valence-corrected chi connectivity index (χ2v) is 5.86. The lowest BCUT2D eigenvalue weighted by Crippen LogP contribution is -2.39. The van der Waals surface area contributed by atoms with Gasteiger partial charge in [0.1, 0.15) is 23.9 Å². The number of phenolic OH excluding ortho intramolecular Hbond substituents is 1. The van der Waals surface area contributed by atoms with Gasteiger partial charge in [0.2, 0.25) is 0 Å². The van der Waals surface area contributed by atoms with E-state index in [4.69, 9.17) is 9.47 Å². The molecule has 160 valence electrons. The maximum atomic E-state index is 13.5. The minimum Gasteiger partial charge on any atom is -0.508 e. The Bertz CT molecular complexity index is 807. The third kappa shape index (κ3) is 8.30. The molecule has 0 saturated carbocycles. The number of hydrogen-bond donors (Lipinski definition) is 3. The van der Waals surface area contributed by atoms with Gasteiger partial charge in [0.25, 0.3) is 0 Å². The fourth-order valence-corrected chi connectivity index (χ4v) is 2.43. The lowest BCUT2D eigenvalue weighted by molar-refractivity contribution is 0.304. The van der Waals surface area contributed by atoms with Crippen LogP contribution in [0.15, 0.2) is 41.4 Å². The SMILES string of the molecule is CCNC(=NCCc1ccc(OC)cc1O)NCCOc1ccc(F)cc1F.I. The first-order valence-electron chi connectivity index (χ1n) is 8.99. The van der Waals surface area contributed by atoms with E-state index in [0.717, 1.165) is 17.7 Å². The number of ether oxygens (including phenoxy) is 2. The number of nitrogens with zero attached hydrogens (tertiary/aromatic N) is 1. The van der Waals surface area contributed by atoms with E-state index < -0.39 is 11.6 Å². The molecular weight excluding hydrogens is 495 g/mol. The quantitative estimate of drug-likeness (QED) is 0.204. The molecule has 2 aromatic rings. The van der Waals surface area contributed by atoms with Gasteiger partial charge < -0.3 is 25.2 Å². The number of guanidine groups is 1. The molecule has 2 aromatic carbocycles. The zero-order chi connectivity index (χ0) is 20.4. The number of phenols is 1. The van der Waals surface area contributed by atoms with Crippen LogP contribution in [0.5, 0.6) is 17.2 Å². The van der Waals surface area contributed by atoms with Crippen LogP contribution in [0.25, 0.3) is 0 Å². The Balaban J connectivity index is 0.00000420. The summed E-state index contributed by atoms with van der Waals surface area (Å²) in [4.78, 5) is 4.44. The lowest BCUT2D eigenvalue weighted by Gasteiger charge is -2.12. The van der Waals surface area contributed by atoms with E-state index in [0.29, 0.717) is 37.8 Å². The number of aliphatic imine (C=N–C) groups is 1. The summed E-state index contributed by atoms with van der Waals surface area (Å²) in [5.74, 6) is -0.0364. The summed E-state index contributed by atoms with van der Waals surface area (Å²) in [6, 6.07) is 8.33. The van der Waals surface area contributed by atoms with Gasteiger partial charge in [-0.2, -0.15) is 0 Å². The highest BCUT2D eigenvalue weighted by molar-refractivity contribution is 14.0. The van der Waals surface area contributed by atoms with Crippen LogP contribution in [0.4, 0.5) is 8.78 Å². The molecule has 0 heterocycles. The number of methoxy groups -OCH3 is 1. The van der Waals surface area contributed by atoms with Crippen molar-refractivity contribution in [3.63, 3.8) is 0 Å². The predicted octanol–water partition coefficient (Wildman–Crippen LogP) is 3.47. The summed E-state index contributed by atoms with van der Waals surface area (Å²) in [6.45, 7) is 3.65. The highest BCUT2D eigenvalue weighted by Gasteiger charge is 2.06. The first-order valence-corrected chi connectivity index (χ1v) is 8.99. The highest BCUT2D eigenvalue weighted by Crippen LogP contribution is 2.23. The highest BCUT2D eigenvalue weighted by atomic mass is 127. The van der Waals surface area contributed by atoms with Crippen LogP contribution >= 0.6 is 24.0 Å². The Morgan fingerprint density at radius 1 is 1.14 bits per heavy atom. The van der Waals surface area contributed by atoms with Crippen molar-refractivity contribution in [3.8, 4) is 17.2 Å². The summed E-state index contributed by atoms with van der Waals surface area (Å²) in [6.07, 6.45) is 0.559. The van der Waals surface area contributed by atoms with E-state index in [1.807, 2.05) is 6.92 Å². The Labute approximate surface area is 186 Å². The minimum atomic E-state index is -0.736. The van der Waals surface area contributed by atoms with Gasteiger partial charge in [-0.1, -0.05) is 6.07 Å². The number of rotatable bonds is 9. The number of nitrogens with one attached hydrogen (secondary N) is 2. The van der Waals surface area contributed by atoms with Crippen molar-refractivity contribution in [1.29, 1.82) is 0 Å². The van der Waals surface area contributed by atoms with E-state index in [1.165, 1.54) is 6.07 Å². The summed E-state index contributed by atoms with van der Waals surface area (Å²) < 4.78 is 36.8. The second-order valence-electron chi connectivity index (χ2n) is 5.86. The third-order valence-corrected chi connectivity index (χ3v) is 3.83. The largest absolute Gasteiger partial charge is 0.508 e. The van der Waals surface area contributed by atoms with Gasteiger partial charge in [0.05, 0.1) is 13.7 Å². The smallest absolute Gasteiger partial charge is 0.191 e. The number of aromatic hydroxyl groups is 1. The van der Waals surface area contributed by atoms with E-state index in [1.54, 1.807) is 25.3 Å². The standard InChI is InChI=1S/C20H25F2N3O3.HI/c1-3-23-20(24-9-8-14-4-6-16(27-2)13-18(14)26)25-10-11-28-19-7-5-15(21)12-17(19)22;/h4-7,12-13,26H,3,8-11H2,1-2H3,(H2,23,24,25);1H. The van der Waals surface area contributed by atoms with Crippen molar-refractivity contribution in [1.82, 2.24) is 10.6 Å². The van der Waals surface area contributed by atoms with Crippen molar-refractivity contribution >= 4 is 29.9 Å². The molecule has 0 radical (unpaired) electrons. The van der Waals surface area contributed by atoms with Crippen LogP contribution in [0.2, 0.25) is 0 Å². The molecular formula is C20H26F2IN3O3.